The van der Waals surface area contributed by atoms with Crippen molar-refractivity contribution in [2.24, 2.45) is 5.92 Å². The largest absolute Gasteiger partial charge is 0.462 e. The number of H-pyrrole nitrogens is 1. The highest BCUT2D eigenvalue weighted by Gasteiger charge is 2.62. The molecule has 2 aromatic rings. The summed E-state index contributed by atoms with van der Waals surface area (Å²) >= 11 is 5.83. The van der Waals surface area contributed by atoms with E-state index in [9.17, 15) is 24.6 Å². The number of nitrogens with one attached hydrogen (secondary N) is 2. The van der Waals surface area contributed by atoms with Crippen molar-refractivity contribution in [3.8, 4) is 18.1 Å². The maximum absolute atomic E-state index is 13.0. The fraction of sp³-hybridized carbons (Fsp3) is 0.519. The van der Waals surface area contributed by atoms with Crippen LogP contribution in [0.15, 0.2) is 52.2 Å². The SMILES string of the molecule is C#C[C@]1(O)[C@H](n2ccc(=O)[nH]c2=O)O[C@@](C)(COP(=S)(N[C@@H](CC(C)C)C(=O)OC(C)C)Oc2ccccc2)[C@H]1O. The Morgan fingerprint density at radius 1 is 1.27 bits per heavy atom. The highest BCUT2D eigenvalue weighted by Crippen LogP contribution is 2.50. The molecule has 1 unspecified atom stereocenters. The lowest BCUT2D eigenvalue weighted by Crippen LogP contribution is -2.51. The van der Waals surface area contributed by atoms with Gasteiger partial charge in [0.15, 0.2) is 11.8 Å². The van der Waals surface area contributed by atoms with Gasteiger partial charge < -0.3 is 28.7 Å². The number of terminal acetylenes is 1. The van der Waals surface area contributed by atoms with Gasteiger partial charge in [-0.1, -0.05) is 38.0 Å². The van der Waals surface area contributed by atoms with Crippen LogP contribution in [0.4, 0.5) is 0 Å². The van der Waals surface area contributed by atoms with Crippen LogP contribution in [-0.4, -0.2) is 61.8 Å². The van der Waals surface area contributed by atoms with Crippen LogP contribution >= 0.6 is 6.64 Å². The van der Waals surface area contributed by atoms with E-state index < -0.39 is 60.0 Å². The van der Waals surface area contributed by atoms with E-state index in [1.807, 2.05) is 13.8 Å². The molecule has 3 rings (SSSR count). The molecule has 1 saturated heterocycles. The van der Waals surface area contributed by atoms with Gasteiger partial charge >= 0.3 is 18.3 Å². The van der Waals surface area contributed by atoms with Crippen LogP contribution in [-0.2, 0) is 30.6 Å². The Labute approximate surface area is 243 Å². The second kappa shape index (κ2) is 13.0. The zero-order valence-corrected chi connectivity index (χ0v) is 25.2. The zero-order valence-electron chi connectivity index (χ0n) is 23.5. The molecule has 1 aliphatic rings. The lowest BCUT2D eigenvalue weighted by Gasteiger charge is -2.33. The summed E-state index contributed by atoms with van der Waals surface area (Å²) in [6.45, 7) is 4.68. The Bertz CT molecular complexity index is 1420. The Morgan fingerprint density at radius 2 is 1.93 bits per heavy atom. The molecule has 1 aromatic carbocycles. The van der Waals surface area contributed by atoms with Gasteiger partial charge in [0.1, 0.15) is 23.5 Å². The maximum Gasteiger partial charge on any atom is 0.330 e. The van der Waals surface area contributed by atoms with Crippen LogP contribution in [0.2, 0.25) is 0 Å². The third-order valence-corrected chi connectivity index (χ3v) is 8.64. The molecule has 1 aliphatic heterocycles. The van der Waals surface area contributed by atoms with Gasteiger partial charge in [-0.05, 0) is 57.0 Å². The van der Waals surface area contributed by atoms with Crippen LogP contribution in [0.5, 0.6) is 5.75 Å². The molecule has 41 heavy (non-hydrogen) atoms. The van der Waals surface area contributed by atoms with Gasteiger partial charge in [0, 0.05) is 12.3 Å². The minimum atomic E-state index is -3.59. The van der Waals surface area contributed by atoms with E-state index in [4.69, 9.17) is 36.8 Å². The summed E-state index contributed by atoms with van der Waals surface area (Å²) in [7, 11) is 0. The van der Waals surface area contributed by atoms with E-state index in [0.717, 1.165) is 16.8 Å². The predicted octanol–water partition coefficient (Wildman–Crippen LogP) is 1.83. The highest BCUT2D eigenvalue weighted by molar-refractivity contribution is 8.09. The average molecular weight is 610 g/mol. The molecule has 0 saturated carbocycles. The van der Waals surface area contributed by atoms with E-state index in [2.05, 4.69) is 16.0 Å². The number of hydrogen-bond donors (Lipinski definition) is 4. The number of esters is 1. The summed E-state index contributed by atoms with van der Waals surface area (Å²) in [6, 6.07) is 8.74. The standard InChI is InChI=1S/C27H36N3O9PS/c1-7-27(35)23(33)26(6,38-24(27)30-14-13-21(31)28-25(30)34)16-36-40(41,39-19-11-9-8-10-12-19)29-20(15-17(2)3)22(32)37-18(4)5/h1,8-14,17-18,20,23-24,33,35H,15-16H2,2-6H3,(H,29,41)(H,28,31,34)/t20-,23+,24+,26-,27+,40?/m0/s1. The van der Waals surface area contributed by atoms with Crippen LogP contribution < -0.4 is 20.9 Å². The van der Waals surface area contributed by atoms with Crippen LogP contribution in [0.1, 0.15) is 47.3 Å². The fourth-order valence-electron chi connectivity index (χ4n) is 4.26. The Kier molecular flexibility index (Phi) is 10.4. The topological polar surface area (TPSA) is 161 Å². The van der Waals surface area contributed by atoms with E-state index >= 15 is 0 Å². The second-order valence-electron chi connectivity index (χ2n) is 10.6. The van der Waals surface area contributed by atoms with Gasteiger partial charge in [-0.2, -0.15) is 0 Å². The van der Waals surface area contributed by atoms with Gasteiger partial charge in [0.25, 0.3) is 5.56 Å². The first kappa shape index (κ1) is 32.7. The van der Waals surface area contributed by atoms with E-state index in [0.29, 0.717) is 12.2 Å². The third-order valence-electron chi connectivity index (χ3n) is 6.23. The number of carbonyl (C=O) groups is 1. The lowest BCUT2D eigenvalue weighted by molar-refractivity contribution is -0.150. The van der Waals surface area contributed by atoms with Crippen molar-refractivity contribution >= 4 is 24.4 Å². The van der Waals surface area contributed by atoms with Gasteiger partial charge in [0.05, 0.1) is 12.7 Å². The number of rotatable bonds is 12. The third kappa shape index (κ3) is 7.72. The van der Waals surface area contributed by atoms with Crippen LogP contribution in [0, 0.1) is 18.3 Å². The molecular weight excluding hydrogens is 573 g/mol. The molecule has 0 bridgehead atoms. The van der Waals surface area contributed by atoms with Crippen LogP contribution in [0.25, 0.3) is 0 Å². The molecule has 12 nitrogen and oxygen atoms in total. The Hall–Kier alpha value is -2.82. The number of hydrogen-bond acceptors (Lipinski definition) is 10. The number of para-hydroxylation sites is 1. The van der Waals surface area contributed by atoms with Crippen LogP contribution in [0.3, 0.4) is 0 Å². The van der Waals surface area contributed by atoms with Crippen molar-refractivity contribution < 1.29 is 33.5 Å². The van der Waals surface area contributed by atoms with Crippen molar-refractivity contribution in [1.82, 2.24) is 14.6 Å². The number of aliphatic hydroxyl groups is 2. The number of carbonyl (C=O) groups excluding carboxylic acids is 1. The molecule has 6 atom stereocenters. The van der Waals surface area contributed by atoms with Crippen molar-refractivity contribution in [3.63, 3.8) is 0 Å². The molecule has 1 aromatic heterocycles. The Morgan fingerprint density at radius 3 is 2.49 bits per heavy atom. The highest BCUT2D eigenvalue weighted by atomic mass is 32.5. The zero-order chi connectivity index (χ0) is 30.6. The Balaban J connectivity index is 1.95. The van der Waals surface area contributed by atoms with Gasteiger partial charge in [-0.15, -0.1) is 6.42 Å². The first-order valence-corrected chi connectivity index (χ1v) is 15.6. The molecule has 0 amide bonds. The van der Waals surface area contributed by atoms with E-state index in [1.165, 1.54) is 6.92 Å². The molecule has 0 radical (unpaired) electrons. The normalized spacial score (nSPS) is 26.3. The average Bonchev–Trinajstić information content (AvgIpc) is 3.09. The first-order valence-electron chi connectivity index (χ1n) is 13.0. The molecule has 4 N–H and O–H groups in total. The van der Waals surface area contributed by atoms with Gasteiger partial charge in [0.2, 0.25) is 0 Å². The fourth-order valence-corrected chi connectivity index (χ4v) is 6.65. The lowest BCUT2D eigenvalue weighted by atomic mass is 9.88. The second-order valence-corrected chi connectivity index (χ2v) is 13.8. The maximum atomic E-state index is 13.0. The summed E-state index contributed by atoms with van der Waals surface area (Å²) in [5.74, 6) is 2.01. The van der Waals surface area contributed by atoms with Gasteiger partial charge in [-0.3, -0.25) is 19.1 Å². The minimum absolute atomic E-state index is 0.0758. The summed E-state index contributed by atoms with van der Waals surface area (Å²) < 4.78 is 24.4. The van der Waals surface area contributed by atoms with E-state index in [-0.39, 0.29) is 12.0 Å². The van der Waals surface area contributed by atoms with Crippen molar-refractivity contribution in [3.05, 3.63) is 63.4 Å². The van der Waals surface area contributed by atoms with Gasteiger partial charge in [-0.25, -0.2) is 9.88 Å². The molecular formula is C27H36N3O9PS. The summed E-state index contributed by atoms with van der Waals surface area (Å²) in [6.07, 6.45) is 3.30. The molecule has 0 spiro atoms. The molecule has 0 aliphatic carbocycles. The smallest absolute Gasteiger partial charge is 0.330 e. The number of aromatic nitrogens is 2. The number of benzene rings is 1. The number of aromatic amines is 1. The number of ether oxygens (including phenoxy) is 2. The number of nitrogens with zero attached hydrogens (tertiary/aromatic N) is 1. The molecule has 224 valence electrons. The van der Waals surface area contributed by atoms with Crippen molar-refractivity contribution in [2.45, 2.75) is 76.7 Å². The monoisotopic (exact) mass is 609 g/mol. The number of aliphatic hydroxyl groups excluding tert-OH is 1. The minimum Gasteiger partial charge on any atom is -0.462 e. The quantitative estimate of drug-likeness (QED) is 0.158. The first-order chi connectivity index (χ1) is 19.1. The van der Waals surface area contributed by atoms with E-state index in [1.54, 1.807) is 44.2 Å². The molecule has 2 heterocycles. The molecule has 14 heteroatoms. The predicted molar refractivity (Wildman–Crippen MR) is 155 cm³/mol. The van der Waals surface area contributed by atoms with Crippen molar-refractivity contribution in [2.75, 3.05) is 6.61 Å². The summed E-state index contributed by atoms with van der Waals surface area (Å²) in [5.41, 5.74) is -5.69. The van der Waals surface area contributed by atoms with Crippen molar-refractivity contribution in [1.29, 1.82) is 0 Å². The summed E-state index contributed by atoms with van der Waals surface area (Å²) in [4.78, 5) is 39.1. The summed E-state index contributed by atoms with van der Waals surface area (Å²) in [5, 5.41) is 25.4. The molecule has 1 fully saturated rings.